The average molecular weight is 206 g/mol. The summed E-state index contributed by atoms with van der Waals surface area (Å²) in [6, 6.07) is 6.56. The lowest BCUT2D eigenvalue weighted by atomic mass is 10.0. The van der Waals surface area contributed by atoms with Crippen molar-refractivity contribution in [2.75, 3.05) is 11.1 Å². The number of nitrogen functional groups attached to an aromatic ring is 1. The van der Waals surface area contributed by atoms with Gasteiger partial charge in [0.2, 0.25) is 0 Å². The van der Waals surface area contributed by atoms with Gasteiger partial charge in [0, 0.05) is 6.04 Å². The van der Waals surface area contributed by atoms with E-state index >= 15 is 0 Å². The molecule has 0 amide bonds. The zero-order valence-corrected chi connectivity index (χ0v) is 10.2. The number of aryl methyl sites for hydroxylation is 1. The van der Waals surface area contributed by atoms with Crippen LogP contribution in [0.2, 0.25) is 0 Å². The molecule has 2 heteroatoms. The minimum absolute atomic E-state index is 0.457. The zero-order valence-electron chi connectivity index (χ0n) is 10.2. The first-order valence-corrected chi connectivity index (χ1v) is 5.67. The molecule has 2 nitrogen and oxygen atoms in total. The molecule has 0 fully saturated rings. The predicted octanol–water partition coefficient (Wildman–Crippen LogP) is 3.42. The summed E-state index contributed by atoms with van der Waals surface area (Å²) in [5.74, 6) is 0.657. The fourth-order valence-corrected chi connectivity index (χ4v) is 1.54. The van der Waals surface area contributed by atoms with Crippen LogP contribution in [0.5, 0.6) is 0 Å². The minimum Gasteiger partial charge on any atom is -0.397 e. The number of rotatable bonds is 4. The van der Waals surface area contributed by atoms with Crippen LogP contribution in [0.4, 0.5) is 11.4 Å². The van der Waals surface area contributed by atoms with E-state index in [2.05, 4.69) is 39.1 Å². The van der Waals surface area contributed by atoms with Crippen molar-refractivity contribution in [3.63, 3.8) is 0 Å². The summed E-state index contributed by atoms with van der Waals surface area (Å²) in [5, 5.41) is 3.48. The van der Waals surface area contributed by atoms with Gasteiger partial charge in [-0.05, 0) is 37.5 Å². The van der Waals surface area contributed by atoms with Crippen LogP contribution in [-0.2, 0) is 0 Å². The summed E-state index contributed by atoms with van der Waals surface area (Å²) >= 11 is 0. The molecule has 84 valence electrons. The van der Waals surface area contributed by atoms with Crippen molar-refractivity contribution < 1.29 is 0 Å². The lowest BCUT2D eigenvalue weighted by Gasteiger charge is -2.22. The molecule has 0 aliphatic heterocycles. The first-order chi connectivity index (χ1) is 7.04. The van der Waals surface area contributed by atoms with Gasteiger partial charge >= 0.3 is 0 Å². The SMILES string of the molecule is CCC(C)C(C)Nc1cc(C)ccc1N. The van der Waals surface area contributed by atoms with Crippen molar-refractivity contribution in [3.05, 3.63) is 23.8 Å². The molecule has 15 heavy (non-hydrogen) atoms. The maximum atomic E-state index is 5.92. The van der Waals surface area contributed by atoms with E-state index in [1.54, 1.807) is 0 Å². The van der Waals surface area contributed by atoms with E-state index in [0.717, 1.165) is 11.4 Å². The van der Waals surface area contributed by atoms with Gasteiger partial charge < -0.3 is 11.1 Å². The minimum atomic E-state index is 0.457. The summed E-state index contributed by atoms with van der Waals surface area (Å²) in [7, 11) is 0. The molecule has 0 saturated heterocycles. The molecule has 0 radical (unpaired) electrons. The molecule has 0 bridgehead atoms. The molecule has 0 aliphatic rings. The van der Waals surface area contributed by atoms with E-state index < -0.39 is 0 Å². The van der Waals surface area contributed by atoms with Crippen molar-refractivity contribution in [3.8, 4) is 0 Å². The Morgan fingerprint density at radius 3 is 2.60 bits per heavy atom. The highest BCUT2D eigenvalue weighted by molar-refractivity contribution is 5.67. The molecular weight excluding hydrogens is 184 g/mol. The highest BCUT2D eigenvalue weighted by Gasteiger charge is 2.10. The third-order valence-electron chi connectivity index (χ3n) is 3.09. The Labute approximate surface area is 92.9 Å². The van der Waals surface area contributed by atoms with Gasteiger partial charge in [-0.25, -0.2) is 0 Å². The molecule has 0 aromatic heterocycles. The Kier molecular flexibility index (Phi) is 4.01. The van der Waals surface area contributed by atoms with Crippen molar-refractivity contribution >= 4 is 11.4 Å². The second-order valence-electron chi connectivity index (χ2n) is 4.41. The highest BCUT2D eigenvalue weighted by atomic mass is 14.9. The molecular formula is C13H22N2. The van der Waals surface area contributed by atoms with Crippen molar-refractivity contribution in [2.45, 2.75) is 40.2 Å². The van der Waals surface area contributed by atoms with Crippen LogP contribution in [0.1, 0.15) is 32.8 Å². The van der Waals surface area contributed by atoms with Gasteiger partial charge in [0.1, 0.15) is 0 Å². The van der Waals surface area contributed by atoms with Gasteiger partial charge in [-0.1, -0.05) is 26.3 Å². The Morgan fingerprint density at radius 1 is 1.33 bits per heavy atom. The first kappa shape index (κ1) is 11.9. The molecule has 0 spiro atoms. The molecule has 0 heterocycles. The van der Waals surface area contributed by atoms with Gasteiger partial charge in [0.15, 0.2) is 0 Å². The zero-order chi connectivity index (χ0) is 11.4. The van der Waals surface area contributed by atoms with Gasteiger partial charge in [-0.2, -0.15) is 0 Å². The molecule has 0 saturated carbocycles. The van der Waals surface area contributed by atoms with E-state index in [9.17, 15) is 0 Å². The summed E-state index contributed by atoms with van der Waals surface area (Å²) in [6.07, 6.45) is 1.18. The summed E-state index contributed by atoms with van der Waals surface area (Å²) in [5.41, 5.74) is 9.04. The largest absolute Gasteiger partial charge is 0.397 e. The lowest BCUT2D eigenvalue weighted by Crippen LogP contribution is -2.23. The van der Waals surface area contributed by atoms with Crippen LogP contribution >= 0.6 is 0 Å². The fraction of sp³-hybridized carbons (Fsp3) is 0.538. The van der Waals surface area contributed by atoms with Crippen molar-refractivity contribution in [1.82, 2.24) is 0 Å². The maximum absolute atomic E-state index is 5.92. The summed E-state index contributed by atoms with van der Waals surface area (Å²) in [6.45, 7) is 8.75. The van der Waals surface area contributed by atoms with Crippen LogP contribution in [0.3, 0.4) is 0 Å². The molecule has 1 aromatic carbocycles. The number of hydrogen-bond acceptors (Lipinski definition) is 2. The van der Waals surface area contributed by atoms with E-state index in [1.165, 1.54) is 12.0 Å². The molecule has 3 N–H and O–H groups in total. The van der Waals surface area contributed by atoms with Gasteiger partial charge in [0.05, 0.1) is 11.4 Å². The third kappa shape index (κ3) is 3.15. The molecule has 1 aromatic rings. The number of nitrogens with one attached hydrogen (secondary N) is 1. The molecule has 2 unspecified atom stereocenters. The summed E-state index contributed by atoms with van der Waals surface area (Å²) in [4.78, 5) is 0. The van der Waals surface area contributed by atoms with Gasteiger partial charge in [-0.3, -0.25) is 0 Å². The Balaban J connectivity index is 2.75. The lowest BCUT2D eigenvalue weighted by molar-refractivity contribution is 0.495. The van der Waals surface area contributed by atoms with Crippen molar-refractivity contribution in [2.24, 2.45) is 5.92 Å². The van der Waals surface area contributed by atoms with Crippen molar-refractivity contribution in [1.29, 1.82) is 0 Å². The second kappa shape index (κ2) is 5.06. The normalized spacial score (nSPS) is 14.7. The van der Waals surface area contributed by atoms with Crippen LogP contribution in [0, 0.1) is 12.8 Å². The number of anilines is 2. The number of nitrogens with two attached hydrogens (primary N) is 1. The monoisotopic (exact) mass is 206 g/mol. The standard InChI is InChI=1S/C13H22N2/c1-5-10(3)11(4)15-13-8-9(2)6-7-12(13)14/h6-8,10-11,15H,5,14H2,1-4H3. The molecule has 2 atom stereocenters. The van der Waals surface area contributed by atoms with Crippen LogP contribution < -0.4 is 11.1 Å². The molecule has 0 aliphatic carbocycles. The average Bonchev–Trinajstić information content (AvgIpc) is 2.22. The van der Waals surface area contributed by atoms with E-state index in [0.29, 0.717) is 12.0 Å². The van der Waals surface area contributed by atoms with Gasteiger partial charge in [0.25, 0.3) is 0 Å². The Hall–Kier alpha value is -1.18. The third-order valence-corrected chi connectivity index (χ3v) is 3.09. The fourth-order valence-electron chi connectivity index (χ4n) is 1.54. The first-order valence-electron chi connectivity index (χ1n) is 5.67. The van der Waals surface area contributed by atoms with E-state index in [-0.39, 0.29) is 0 Å². The summed E-state index contributed by atoms with van der Waals surface area (Å²) < 4.78 is 0. The highest BCUT2D eigenvalue weighted by Crippen LogP contribution is 2.22. The quantitative estimate of drug-likeness (QED) is 0.741. The molecule has 1 rings (SSSR count). The number of hydrogen-bond donors (Lipinski definition) is 2. The Morgan fingerprint density at radius 2 is 2.00 bits per heavy atom. The van der Waals surface area contributed by atoms with Crippen LogP contribution in [-0.4, -0.2) is 6.04 Å². The Bertz CT molecular complexity index is 320. The topological polar surface area (TPSA) is 38.0 Å². The maximum Gasteiger partial charge on any atom is 0.0578 e. The van der Waals surface area contributed by atoms with Crippen LogP contribution in [0.15, 0.2) is 18.2 Å². The predicted molar refractivity (Wildman–Crippen MR) is 68.1 cm³/mol. The van der Waals surface area contributed by atoms with Gasteiger partial charge in [-0.15, -0.1) is 0 Å². The van der Waals surface area contributed by atoms with E-state index in [4.69, 9.17) is 5.73 Å². The van der Waals surface area contributed by atoms with E-state index in [1.807, 2.05) is 12.1 Å². The van der Waals surface area contributed by atoms with Crippen LogP contribution in [0.25, 0.3) is 0 Å². The number of benzene rings is 1. The second-order valence-corrected chi connectivity index (χ2v) is 4.41. The smallest absolute Gasteiger partial charge is 0.0578 e.